The van der Waals surface area contributed by atoms with E-state index in [2.05, 4.69) is 9.80 Å². The molecule has 0 radical (unpaired) electrons. The number of piperazine rings is 1. The fourth-order valence-electron chi connectivity index (χ4n) is 3.73. The van der Waals surface area contributed by atoms with Crippen LogP contribution < -0.4 is 0 Å². The fourth-order valence-corrected chi connectivity index (χ4v) is 3.73. The first-order valence-electron chi connectivity index (χ1n) is 8.59. The summed E-state index contributed by atoms with van der Waals surface area (Å²) in [6.07, 6.45) is 4.35. The van der Waals surface area contributed by atoms with Crippen molar-refractivity contribution in [2.45, 2.75) is 38.0 Å². The highest BCUT2D eigenvalue weighted by molar-refractivity contribution is 5.16. The molecule has 1 aliphatic carbocycles. The molecule has 4 heteroatoms. The van der Waals surface area contributed by atoms with Crippen molar-refractivity contribution >= 4 is 0 Å². The smallest absolute Gasteiger partial charge is 0.123 e. The molecule has 1 aromatic rings. The normalized spacial score (nSPS) is 29.7. The number of benzene rings is 1. The second kappa shape index (κ2) is 6.26. The van der Waals surface area contributed by atoms with Crippen molar-refractivity contribution in [3.63, 3.8) is 0 Å². The van der Waals surface area contributed by atoms with Gasteiger partial charge in [-0.05, 0) is 42.9 Å². The molecule has 0 N–H and O–H groups in total. The van der Waals surface area contributed by atoms with E-state index in [0.717, 1.165) is 45.2 Å². The summed E-state index contributed by atoms with van der Waals surface area (Å²) in [6, 6.07) is 7.56. The largest absolute Gasteiger partial charge is 0.377 e. The van der Waals surface area contributed by atoms with Crippen molar-refractivity contribution in [1.82, 2.24) is 9.80 Å². The molecule has 2 saturated heterocycles. The van der Waals surface area contributed by atoms with E-state index in [1.54, 1.807) is 12.1 Å². The highest BCUT2D eigenvalue weighted by atomic mass is 19.1. The van der Waals surface area contributed by atoms with Crippen LogP contribution >= 0.6 is 0 Å². The molecule has 0 bridgehead atoms. The Morgan fingerprint density at radius 2 is 1.91 bits per heavy atom. The Morgan fingerprint density at radius 1 is 1.09 bits per heavy atom. The predicted molar refractivity (Wildman–Crippen MR) is 84.1 cm³/mol. The number of hydrogen-bond acceptors (Lipinski definition) is 3. The summed E-state index contributed by atoms with van der Waals surface area (Å²) in [5, 5.41) is 0. The molecule has 0 unspecified atom stereocenters. The average Bonchev–Trinajstić information content (AvgIpc) is 3.26. The first-order chi connectivity index (χ1) is 10.8. The van der Waals surface area contributed by atoms with E-state index in [0.29, 0.717) is 12.1 Å². The summed E-state index contributed by atoms with van der Waals surface area (Å²) in [4.78, 5) is 5.09. The summed E-state index contributed by atoms with van der Waals surface area (Å²) in [5.74, 6) is 0.701. The van der Waals surface area contributed by atoms with Crippen LogP contribution in [0.4, 0.5) is 4.39 Å². The van der Waals surface area contributed by atoms with E-state index in [4.69, 9.17) is 4.74 Å². The second-order valence-electron chi connectivity index (χ2n) is 7.14. The number of fused-ring (bicyclic) bond motifs is 1. The lowest BCUT2D eigenvalue weighted by Gasteiger charge is -2.37. The van der Waals surface area contributed by atoms with Crippen LogP contribution in [-0.4, -0.2) is 54.7 Å². The molecule has 4 rings (SSSR count). The molecule has 0 aromatic heterocycles. The second-order valence-corrected chi connectivity index (χ2v) is 7.14. The number of halogens is 1. The lowest BCUT2D eigenvalue weighted by molar-refractivity contribution is 0.0508. The Balaban J connectivity index is 1.28. The van der Waals surface area contributed by atoms with Gasteiger partial charge in [0.05, 0.1) is 6.10 Å². The number of rotatable bonds is 5. The highest BCUT2D eigenvalue weighted by Gasteiger charge is 2.37. The zero-order valence-corrected chi connectivity index (χ0v) is 13.1. The molecule has 1 aromatic carbocycles. The number of ether oxygens (including phenoxy) is 1. The van der Waals surface area contributed by atoms with Crippen molar-refractivity contribution in [3.8, 4) is 0 Å². The van der Waals surface area contributed by atoms with Crippen molar-refractivity contribution in [1.29, 1.82) is 0 Å². The van der Waals surface area contributed by atoms with Gasteiger partial charge in [-0.3, -0.25) is 9.80 Å². The Morgan fingerprint density at radius 3 is 2.68 bits per heavy atom. The third kappa shape index (κ3) is 3.50. The van der Waals surface area contributed by atoms with Crippen molar-refractivity contribution in [3.05, 3.63) is 35.6 Å². The molecule has 0 spiro atoms. The maximum absolute atomic E-state index is 13.0. The van der Waals surface area contributed by atoms with Gasteiger partial charge >= 0.3 is 0 Å². The van der Waals surface area contributed by atoms with E-state index in [1.165, 1.54) is 24.8 Å². The van der Waals surface area contributed by atoms with Gasteiger partial charge in [0.1, 0.15) is 5.82 Å². The Hall–Kier alpha value is -0.970. The van der Waals surface area contributed by atoms with Crippen LogP contribution in [0.25, 0.3) is 0 Å². The van der Waals surface area contributed by atoms with Gasteiger partial charge in [0.15, 0.2) is 0 Å². The van der Waals surface area contributed by atoms with Gasteiger partial charge in [-0.25, -0.2) is 4.39 Å². The molecule has 3 fully saturated rings. The first-order valence-corrected chi connectivity index (χ1v) is 8.59. The molecule has 2 heterocycles. The molecular formula is C18H25FN2O. The van der Waals surface area contributed by atoms with E-state index in [1.807, 2.05) is 12.1 Å². The lowest BCUT2D eigenvalue weighted by Crippen LogP contribution is -2.49. The Labute approximate surface area is 132 Å². The van der Waals surface area contributed by atoms with E-state index in [-0.39, 0.29) is 5.82 Å². The fraction of sp³-hybridized carbons (Fsp3) is 0.667. The van der Waals surface area contributed by atoms with Gasteiger partial charge in [0.25, 0.3) is 0 Å². The first kappa shape index (κ1) is 14.6. The molecule has 0 amide bonds. The third-order valence-electron chi connectivity index (χ3n) is 5.25. The van der Waals surface area contributed by atoms with Gasteiger partial charge in [0.2, 0.25) is 0 Å². The van der Waals surface area contributed by atoms with Gasteiger partial charge in [-0.1, -0.05) is 12.1 Å². The standard InChI is InChI=1S/C18H25FN2O/c19-16-5-3-14(4-6-16)10-20-7-8-21-12-18(9-17(21)11-20)22-13-15-1-2-15/h3-6,15,17-18H,1-2,7-13H2/t17-,18-/m1/s1. The summed E-state index contributed by atoms with van der Waals surface area (Å²) >= 11 is 0. The van der Waals surface area contributed by atoms with E-state index in [9.17, 15) is 4.39 Å². The highest BCUT2D eigenvalue weighted by Crippen LogP contribution is 2.31. The molecular weight excluding hydrogens is 279 g/mol. The molecule has 3 aliphatic rings. The van der Waals surface area contributed by atoms with Crippen LogP contribution in [0.5, 0.6) is 0 Å². The molecule has 2 aliphatic heterocycles. The van der Waals surface area contributed by atoms with Crippen molar-refractivity contribution < 1.29 is 9.13 Å². The predicted octanol–water partition coefficient (Wildman–Crippen LogP) is 2.51. The molecule has 120 valence electrons. The summed E-state index contributed by atoms with van der Waals surface area (Å²) in [5.41, 5.74) is 1.20. The van der Waals surface area contributed by atoms with E-state index >= 15 is 0 Å². The monoisotopic (exact) mass is 304 g/mol. The zero-order chi connectivity index (χ0) is 14.9. The maximum Gasteiger partial charge on any atom is 0.123 e. The van der Waals surface area contributed by atoms with Crippen molar-refractivity contribution in [2.75, 3.05) is 32.8 Å². The van der Waals surface area contributed by atoms with Gasteiger partial charge in [-0.2, -0.15) is 0 Å². The van der Waals surface area contributed by atoms with Gasteiger partial charge in [-0.15, -0.1) is 0 Å². The minimum Gasteiger partial charge on any atom is -0.377 e. The SMILES string of the molecule is Fc1ccc(CN2CCN3C[C@H](OCC4CC4)C[C@@H]3C2)cc1. The Bertz CT molecular complexity index is 502. The molecule has 3 nitrogen and oxygen atoms in total. The van der Waals surface area contributed by atoms with Crippen LogP contribution in [0.15, 0.2) is 24.3 Å². The minimum atomic E-state index is -0.153. The topological polar surface area (TPSA) is 15.7 Å². The van der Waals surface area contributed by atoms with Crippen LogP contribution in [-0.2, 0) is 11.3 Å². The lowest BCUT2D eigenvalue weighted by atomic mass is 10.1. The molecule has 22 heavy (non-hydrogen) atoms. The van der Waals surface area contributed by atoms with Gasteiger partial charge < -0.3 is 4.74 Å². The minimum absolute atomic E-state index is 0.153. The third-order valence-corrected chi connectivity index (χ3v) is 5.25. The summed E-state index contributed by atoms with van der Waals surface area (Å²) in [6.45, 7) is 6.36. The number of hydrogen-bond donors (Lipinski definition) is 0. The van der Waals surface area contributed by atoms with Crippen LogP contribution in [0.3, 0.4) is 0 Å². The zero-order valence-electron chi connectivity index (χ0n) is 13.1. The quantitative estimate of drug-likeness (QED) is 0.831. The van der Waals surface area contributed by atoms with Crippen LogP contribution in [0, 0.1) is 11.7 Å². The Kier molecular flexibility index (Phi) is 4.16. The van der Waals surface area contributed by atoms with Crippen LogP contribution in [0.1, 0.15) is 24.8 Å². The van der Waals surface area contributed by atoms with Crippen LogP contribution in [0.2, 0.25) is 0 Å². The van der Waals surface area contributed by atoms with Gasteiger partial charge in [0, 0.05) is 45.4 Å². The van der Waals surface area contributed by atoms with E-state index < -0.39 is 0 Å². The maximum atomic E-state index is 13.0. The number of nitrogens with zero attached hydrogens (tertiary/aromatic N) is 2. The average molecular weight is 304 g/mol. The summed E-state index contributed by atoms with van der Waals surface area (Å²) < 4.78 is 19.1. The summed E-state index contributed by atoms with van der Waals surface area (Å²) in [7, 11) is 0. The van der Waals surface area contributed by atoms with Crippen molar-refractivity contribution in [2.24, 2.45) is 5.92 Å². The molecule has 1 saturated carbocycles. The molecule has 2 atom stereocenters.